The van der Waals surface area contributed by atoms with E-state index in [1.807, 2.05) is 25.1 Å². The van der Waals surface area contributed by atoms with Crippen LogP contribution in [0.5, 0.6) is 0 Å². The summed E-state index contributed by atoms with van der Waals surface area (Å²) >= 11 is 3.45. The van der Waals surface area contributed by atoms with Crippen molar-refractivity contribution in [3.8, 4) is 0 Å². The predicted octanol–water partition coefficient (Wildman–Crippen LogP) is 2.82. The zero-order valence-electron chi connectivity index (χ0n) is 6.80. The number of rotatable bonds is 0. The van der Waals surface area contributed by atoms with Crippen LogP contribution in [0.3, 0.4) is 0 Å². The highest BCUT2D eigenvalue weighted by molar-refractivity contribution is 9.10. The van der Waals surface area contributed by atoms with Crippen LogP contribution in [0.15, 0.2) is 22.7 Å². The lowest BCUT2D eigenvalue weighted by atomic mass is 10.1. The summed E-state index contributed by atoms with van der Waals surface area (Å²) in [7, 11) is 0. The zero-order valence-corrected chi connectivity index (χ0v) is 8.39. The molecule has 0 aliphatic heterocycles. The molecule has 0 N–H and O–H groups in total. The number of carbonyl (C=O) groups excluding carboxylic acids is 1. The number of ketones is 1. The van der Waals surface area contributed by atoms with E-state index in [1.165, 1.54) is 5.56 Å². The third-order valence-corrected chi connectivity index (χ3v) is 3.09. The van der Waals surface area contributed by atoms with E-state index in [2.05, 4.69) is 15.9 Å². The molecule has 0 saturated carbocycles. The second-order valence-electron chi connectivity index (χ2n) is 3.24. The van der Waals surface area contributed by atoms with Crippen LogP contribution >= 0.6 is 15.9 Å². The molecule has 0 radical (unpaired) electrons. The standard InChI is InChI=1S/C10H9BrO/c1-6-5-8-7(10(6)12)3-2-4-9(8)11/h2-4,6H,5H2,1H3/t6-/m0/s1. The van der Waals surface area contributed by atoms with Gasteiger partial charge in [-0.15, -0.1) is 0 Å². The van der Waals surface area contributed by atoms with E-state index in [4.69, 9.17) is 0 Å². The van der Waals surface area contributed by atoms with E-state index in [0.717, 1.165) is 16.5 Å². The van der Waals surface area contributed by atoms with Crippen LogP contribution in [0.1, 0.15) is 22.8 Å². The van der Waals surface area contributed by atoms with Crippen LogP contribution in [-0.4, -0.2) is 5.78 Å². The highest BCUT2D eigenvalue weighted by atomic mass is 79.9. The molecule has 12 heavy (non-hydrogen) atoms. The number of Topliss-reactive ketones (excluding diaryl/α,β-unsaturated/α-hetero) is 1. The summed E-state index contributed by atoms with van der Waals surface area (Å²) in [6.07, 6.45) is 0.885. The van der Waals surface area contributed by atoms with Crippen molar-refractivity contribution < 1.29 is 4.79 Å². The van der Waals surface area contributed by atoms with E-state index in [-0.39, 0.29) is 11.7 Å². The van der Waals surface area contributed by atoms with Gasteiger partial charge in [0, 0.05) is 16.0 Å². The first-order chi connectivity index (χ1) is 5.70. The first-order valence-electron chi connectivity index (χ1n) is 4.01. The molecule has 62 valence electrons. The molecule has 2 heteroatoms. The zero-order chi connectivity index (χ0) is 8.72. The number of carbonyl (C=O) groups is 1. The van der Waals surface area contributed by atoms with Crippen molar-refractivity contribution in [2.75, 3.05) is 0 Å². The average molecular weight is 225 g/mol. The maximum atomic E-state index is 11.5. The summed E-state index contributed by atoms with van der Waals surface area (Å²) in [6.45, 7) is 1.98. The minimum atomic E-state index is 0.165. The first-order valence-corrected chi connectivity index (χ1v) is 4.81. The van der Waals surface area contributed by atoms with Gasteiger partial charge in [0.15, 0.2) is 5.78 Å². The highest BCUT2D eigenvalue weighted by Gasteiger charge is 2.27. The molecule has 0 amide bonds. The SMILES string of the molecule is C[C@H]1Cc2c(Br)cccc2C1=O. The molecule has 0 spiro atoms. The maximum absolute atomic E-state index is 11.5. The quantitative estimate of drug-likeness (QED) is 0.663. The number of fused-ring (bicyclic) bond motifs is 1. The van der Waals surface area contributed by atoms with Gasteiger partial charge < -0.3 is 0 Å². The molecule has 0 bridgehead atoms. The lowest BCUT2D eigenvalue weighted by Crippen LogP contribution is -2.02. The molecule has 0 heterocycles. The molecule has 1 aliphatic carbocycles. The molecular weight excluding hydrogens is 216 g/mol. The fraction of sp³-hybridized carbons (Fsp3) is 0.300. The predicted molar refractivity (Wildman–Crippen MR) is 51.3 cm³/mol. The molecule has 1 aliphatic rings. The summed E-state index contributed by atoms with van der Waals surface area (Å²) in [5.74, 6) is 0.449. The summed E-state index contributed by atoms with van der Waals surface area (Å²) in [4.78, 5) is 11.5. The van der Waals surface area contributed by atoms with Gasteiger partial charge in [-0.2, -0.15) is 0 Å². The van der Waals surface area contributed by atoms with E-state index < -0.39 is 0 Å². The molecule has 0 aromatic heterocycles. The van der Waals surface area contributed by atoms with Crippen LogP contribution < -0.4 is 0 Å². The molecule has 0 fully saturated rings. The fourth-order valence-corrected chi connectivity index (χ4v) is 2.19. The lowest BCUT2D eigenvalue weighted by Gasteiger charge is -1.98. The fourth-order valence-electron chi connectivity index (χ4n) is 1.66. The topological polar surface area (TPSA) is 17.1 Å². The number of benzene rings is 1. The smallest absolute Gasteiger partial charge is 0.166 e. The normalized spacial score (nSPS) is 21.2. The third-order valence-electron chi connectivity index (χ3n) is 2.34. The molecule has 1 aromatic carbocycles. The van der Waals surface area contributed by atoms with Crippen LogP contribution in [0.25, 0.3) is 0 Å². The Balaban J connectivity index is 2.61. The number of halogens is 1. The minimum absolute atomic E-state index is 0.165. The number of hydrogen-bond donors (Lipinski definition) is 0. The van der Waals surface area contributed by atoms with E-state index in [1.54, 1.807) is 0 Å². The van der Waals surface area contributed by atoms with Gasteiger partial charge in [0.05, 0.1) is 0 Å². The highest BCUT2D eigenvalue weighted by Crippen LogP contribution is 2.31. The van der Waals surface area contributed by atoms with Gasteiger partial charge in [0.1, 0.15) is 0 Å². The van der Waals surface area contributed by atoms with Crippen LogP contribution in [0, 0.1) is 5.92 Å². The van der Waals surface area contributed by atoms with Crippen molar-refractivity contribution in [2.24, 2.45) is 5.92 Å². The Kier molecular flexibility index (Phi) is 1.80. The van der Waals surface area contributed by atoms with Crippen LogP contribution in [-0.2, 0) is 6.42 Å². The van der Waals surface area contributed by atoms with Crippen LogP contribution in [0.2, 0.25) is 0 Å². The van der Waals surface area contributed by atoms with Gasteiger partial charge in [-0.05, 0) is 18.1 Å². The average Bonchev–Trinajstić information content (AvgIpc) is 2.32. The summed E-state index contributed by atoms with van der Waals surface area (Å²) < 4.78 is 1.07. The Morgan fingerprint density at radius 3 is 2.92 bits per heavy atom. The largest absolute Gasteiger partial charge is 0.294 e. The summed E-state index contributed by atoms with van der Waals surface area (Å²) in [5, 5.41) is 0. The summed E-state index contributed by atoms with van der Waals surface area (Å²) in [6, 6.07) is 5.81. The van der Waals surface area contributed by atoms with Gasteiger partial charge in [-0.1, -0.05) is 35.0 Å². The monoisotopic (exact) mass is 224 g/mol. The molecule has 2 rings (SSSR count). The summed E-state index contributed by atoms with van der Waals surface area (Å²) in [5.41, 5.74) is 2.08. The Morgan fingerprint density at radius 1 is 1.50 bits per heavy atom. The molecule has 1 aromatic rings. The van der Waals surface area contributed by atoms with Crippen molar-refractivity contribution in [3.05, 3.63) is 33.8 Å². The second kappa shape index (κ2) is 2.70. The van der Waals surface area contributed by atoms with Gasteiger partial charge in [0.25, 0.3) is 0 Å². The van der Waals surface area contributed by atoms with E-state index >= 15 is 0 Å². The molecule has 1 atom stereocenters. The van der Waals surface area contributed by atoms with Crippen molar-refractivity contribution in [1.29, 1.82) is 0 Å². The van der Waals surface area contributed by atoms with E-state index in [0.29, 0.717) is 0 Å². The van der Waals surface area contributed by atoms with Gasteiger partial charge in [0.2, 0.25) is 0 Å². The minimum Gasteiger partial charge on any atom is -0.294 e. The van der Waals surface area contributed by atoms with Gasteiger partial charge in [-0.25, -0.2) is 0 Å². The van der Waals surface area contributed by atoms with Crippen molar-refractivity contribution in [1.82, 2.24) is 0 Å². The van der Waals surface area contributed by atoms with Crippen molar-refractivity contribution in [2.45, 2.75) is 13.3 Å². The molecular formula is C10H9BrO. The molecule has 1 nitrogen and oxygen atoms in total. The van der Waals surface area contributed by atoms with Crippen molar-refractivity contribution >= 4 is 21.7 Å². The maximum Gasteiger partial charge on any atom is 0.166 e. The lowest BCUT2D eigenvalue weighted by molar-refractivity contribution is 0.0946. The Hall–Kier alpha value is -0.630. The second-order valence-corrected chi connectivity index (χ2v) is 4.09. The Bertz CT molecular complexity index is 344. The van der Waals surface area contributed by atoms with Gasteiger partial charge in [-0.3, -0.25) is 4.79 Å². The Morgan fingerprint density at radius 2 is 2.25 bits per heavy atom. The van der Waals surface area contributed by atoms with Gasteiger partial charge >= 0.3 is 0 Å². The molecule has 0 unspecified atom stereocenters. The first kappa shape index (κ1) is 7.99. The Labute approximate surface area is 79.9 Å². The van der Waals surface area contributed by atoms with E-state index in [9.17, 15) is 4.79 Å². The number of hydrogen-bond acceptors (Lipinski definition) is 1. The van der Waals surface area contributed by atoms with Crippen LogP contribution in [0.4, 0.5) is 0 Å². The molecule has 0 saturated heterocycles. The van der Waals surface area contributed by atoms with Crippen molar-refractivity contribution in [3.63, 3.8) is 0 Å². The third kappa shape index (κ3) is 1.02.